The molecule has 1 saturated carbocycles. The van der Waals surface area contributed by atoms with E-state index < -0.39 is 28.6 Å². The third kappa shape index (κ3) is 3.30. The largest absolute Gasteiger partial charge is 0.297 e. The first-order chi connectivity index (χ1) is 8.70. The summed E-state index contributed by atoms with van der Waals surface area (Å²) in [7, 11) is -3.97. The van der Waals surface area contributed by atoms with E-state index in [1.165, 1.54) is 6.07 Å². The van der Waals surface area contributed by atoms with E-state index in [0.717, 1.165) is 5.56 Å². The van der Waals surface area contributed by atoms with Crippen LogP contribution in [0.3, 0.4) is 0 Å². The van der Waals surface area contributed by atoms with Gasteiger partial charge in [-0.25, -0.2) is 8.78 Å². The summed E-state index contributed by atoms with van der Waals surface area (Å²) in [5.41, 5.74) is 1.49. The van der Waals surface area contributed by atoms with Crippen LogP contribution in [0.25, 0.3) is 0 Å². The molecule has 6 heteroatoms. The standard InChI is InChI=1S/C13H16F2O3S/c1-9-3-4-12(10(2)7-9)19(16,17)18-11-5-6-13(14,15)8-11/h3-4,7,11H,5-6,8H2,1-2H3. The molecule has 19 heavy (non-hydrogen) atoms. The Labute approximate surface area is 111 Å². The highest BCUT2D eigenvalue weighted by Gasteiger charge is 2.42. The molecule has 0 amide bonds. The number of hydrogen-bond acceptors (Lipinski definition) is 3. The maximum atomic E-state index is 13.0. The lowest BCUT2D eigenvalue weighted by molar-refractivity contribution is -0.000432. The van der Waals surface area contributed by atoms with Gasteiger partial charge in [0.1, 0.15) is 0 Å². The molecule has 0 heterocycles. The fraction of sp³-hybridized carbons (Fsp3) is 0.538. The second-order valence-electron chi connectivity index (χ2n) is 5.04. The molecular formula is C13H16F2O3S. The number of benzene rings is 1. The van der Waals surface area contributed by atoms with Gasteiger partial charge < -0.3 is 0 Å². The molecule has 3 nitrogen and oxygen atoms in total. The highest BCUT2D eigenvalue weighted by atomic mass is 32.2. The zero-order chi connectivity index (χ0) is 14.3. The third-order valence-electron chi connectivity index (χ3n) is 3.22. The lowest BCUT2D eigenvalue weighted by Gasteiger charge is -2.13. The first-order valence-electron chi connectivity index (χ1n) is 6.08. The van der Waals surface area contributed by atoms with Crippen LogP contribution in [-0.4, -0.2) is 20.4 Å². The van der Waals surface area contributed by atoms with Crippen LogP contribution in [0.4, 0.5) is 8.78 Å². The van der Waals surface area contributed by atoms with Gasteiger partial charge in [-0.3, -0.25) is 4.18 Å². The monoisotopic (exact) mass is 290 g/mol. The molecule has 0 radical (unpaired) electrons. The van der Waals surface area contributed by atoms with Gasteiger partial charge in [0, 0.05) is 12.8 Å². The molecule has 0 spiro atoms. The van der Waals surface area contributed by atoms with Crippen molar-refractivity contribution in [3.05, 3.63) is 29.3 Å². The molecule has 1 fully saturated rings. The normalized spacial score (nSPS) is 22.6. The Balaban J connectivity index is 2.19. The molecule has 0 aromatic heterocycles. The Kier molecular flexibility index (Phi) is 3.66. The predicted molar refractivity (Wildman–Crippen MR) is 66.8 cm³/mol. The predicted octanol–water partition coefficient (Wildman–Crippen LogP) is 3.20. The number of hydrogen-bond donors (Lipinski definition) is 0. The van der Waals surface area contributed by atoms with Gasteiger partial charge in [-0.05, 0) is 31.9 Å². The van der Waals surface area contributed by atoms with E-state index in [2.05, 4.69) is 0 Å². The van der Waals surface area contributed by atoms with Crippen LogP contribution in [0.1, 0.15) is 30.4 Å². The summed E-state index contributed by atoms with van der Waals surface area (Å²) in [6.45, 7) is 3.51. The summed E-state index contributed by atoms with van der Waals surface area (Å²) in [4.78, 5) is 0.0494. The number of alkyl halides is 2. The topological polar surface area (TPSA) is 43.4 Å². The Morgan fingerprint density at radius 2 is 2.00 bits per heavy atom. The molecular weight excluding hydrogens is 274 g/mol. The SMILES string of the molecule is Cc1ccc(S(=O)(=O)OC2CCC(F)(F)C2)c(C)c1. The van der Waals surface area contributed by atoms with Crippen molar-refractivity contribution in [2.24, 2.45) is 0 Å². The zero-order valence-electron chi connectivity index (χ0n) is 10.8. The van der Waals surface area contributed by atoms with E-state index in [1.54, 1.807) is 19.1 Å². The number of rotatable bonds is 3. The van der Waals surface area contributed by atoms with E-state index >= 15 is 0 Å². The van der Waals surface area contributed by atoms with Gasteiger partial charge in [0.2, 0.25) is 0 Å². The van der Waals surface area contributed by atoms with Crippen LogP contribution in [0.2, 0.25) is 0 Å². The van der Waals surface area contributed by atoms with Crippen molar-refractivity contribution in [3.8, 4) is 0 Å². The molecule has 106 valence electrons. The van der Waals surface area contributed by atoms with Crippen LogP contribution in [-0.2, 0) is 14.3 Å². The van der Waals surface area contributed by atoms with Crippen molar-refractivity contribution < 1.29 is 21.4 Å². The molecule has 1 atom stereocenters. The lowest BCUT2D eigenvalue weighted by Crippen LogP contribution is -2.19. The Morgan fingerprint density at radius 1 is 1.32 bits per heavy atom. The Bertz CT molecular complexity index is 582. The number of aryl methyl sites for hydroxylation is 2. The molecule has 0 aliphatic heterocycles. The highest BCUT2D eigenvalue weighted by Crippen LogP contribution is 2.37. The first kappa shape index (κ1) is 14.4. The molecule has 1 aliphatic carbocycles. The van der Waals surface area contributed by atoms with Gasteiger partial charge in [0.25, 0.3) is 16.0 Å². The fourth-order valence-electron chi connectivity index (χ4n) is 2.30. The Morgan fingerprint density at radius 3 is 2.53 bits per heavy atom. The third-order valence-corrected chi connectivity index (χ3v) is 4.74. The molecule has 0 saturated heterocycles. The van der Waals surface area contributed by atoms with Gasteiger partial charge in [-0.15, -0.1) is 0 Å². The van der Waals surface area contributed by atoms with Gasteiger partial charge in [0.05, 0.1) is 11.0 Å². The van der Waals surface area contributed by atoms with E-state index in [-0.39, 0.29) is 17.7 Å². The van der Waals surface area contributed by atoms with Crippen molar-refractivity contribution in [1.29, 1.82) is 0 Å². The van der Waals surface area contributed by atoms with Crippen LogP contribution in [0.5, 0.6) is 0 Å². The summed E-state index contributed by atoms with van der Waals surface area (Å²) in [5, 5.41) is 0. The quantitative estimate of drug-likeness (QED) is 0.803. The van der Waals surface area contributed by atoms with Gasteiger partial charge in [-0.2, -0.15) is 8.42 Å². The van der Waals surface area contributed by atoms with Gasteiger partial charge in [0.15, 0.2) is 0 Å². The second-order valence-corrected chi connectivity index (χ2v) is 6.58. The summed E-state index contributed by atoms with van der Waals surface area (Å²) in [6, 6.07) is 4.83. The van der Waals surface area contributed by atoms with Crippen LogP contribution in [0, 0.1) is 13.8 Å². The highest BCUT2D eigenvalue weighted by molar-refractivity contribution is 7.86. The smallest absolute Gasteiger partial charge is 0.263 e. The van der Waals surface area contributed by atoms with Crippen molar-refractivity contribution in [2.45, 2.75) is 50.0 Å². The zero-order valence-corrected chi connectivity index (χ0v) is 11.6. The van der Waals surface area contributed by atoms with Crippen LogP contribution < -0.4 is 0 Å². The van der Waals surface area contributed by atoms with Crippen LogP contribution in [0.15, 0.2) is 23.1 Å². The van der Waals surface area contributed by atoms with Gasteiger partial charge >= 0.3 is 0 Å². The molecule has 2 rings (SSSR count). The maximum absolute atomic E-state index is 13.0. The van der Waals surface area contributed by atoms with E-state index in [9.17, 15) is 17.2 Å². The molecule has 0 N–H and O–H groups in total. The van der Waals surface area contributed by atoms with Crippen molar-refractivity contribution in [3.63, 3.8) is 0 Å². The second kappa shape index (κ2) is 4.83. The minimum atomic E-state index is -3.97. The fourth-order valence-corrected chi connectivity index (χ4v) is 3.62. The van der Waals surface area contributed by atoms with Crippen molar-refractivity contribution in [2.75, 3.05) is 0 Å². The molecule has 1 aliphatic rings. The molecule has 1 aromatic rings. The first-order valence-corrected chi connectivity index (χ1v) is 7.49. The number of halogens is 2. The summed E-state index contributed by atoms with van der Waals surface area (Å²) in [6.07, 6.45) is -1.71. The van der Waals surface area contributed by atoms with Crippen molar-refractivity contribution >= 4 is 10.1 Å². The average Bonchev–Trinajstić information content (AvgIpc) is 2.56. The molecule has 1 aromatic carbocycles. The molecule has 0 bridgehead atoms. The summed E-state index contributed by atoms with van der Waals surface area (Å²) >= 11 is 0. The average molecular weight is 290 g/mol. The minimum absolute atomic E-state index is 0.0494. The van der Waals surface area contributed by atoms with Crippen LogP contribution >= 0.6 is 0 Å². The minimum Gasteiger partial charge on any atom is -0.263 e. The summed E-state index contributed by atoms with van der Waals surface area (Å²) < 4.78 is 55.1. The Hall–Kier alpha value is -1.01. The van der Waals surface area contributed by atoms with Crippen molar-refractivity contribution in [1.82, 2.24) is 0 Å². The maximum Gasteiger partial charge on any atom is 0.297 e. The van der Waals surface area contributed by atoms with E-state index in [4.69, 9.17) is 4.18 Å². The lowest BCUT2D eigenvalue weighted by atomic mass is 10.2. The van der Waals surface area contributed by atoms with E-state index in [0.29, 0.717) is 5.56 Å². The summed E-state index contributed by atoms with van der Waals surface area (Å²) in [5.74, 6) is -2.82. The van der Waals surface area contributed by atoms with Gasteiger partial charge in [-0.1, -0.05) is 17.7 Å². The van der Waals surface area contributed by atoms with E-state index in [1.807, 2.05) is 6.92 Å². The molecule has 1 unspecified atom stereocenters.